The van der Waals surface area contributed by atoms with E-state index in [1.807, 2.05) is 0 Å². The molecule has 2 N–H and O–H groups in total. The Balaban J connectivity index is 1.49. The third-order valence-corrected chi connectivity index (χ3v) is 8.05. The van der Waals surface area contributed by atoms with Crippen molar-refractivity contribution >= 4 is 27.3 Å². The van der Waals surface area contributed by atoms with Crippen LogP contribution >= 0.6 is 11.6 Å². The molecular weight excluding hydrogens is 533 g/mol. The van der Waals surface area contributed by atoms with Crippen LogP contribution in [0.5, 0.6) is 0 Å². The van der Waals surface area contributed by atoms with Gasteiger partial charge < -0.3 is 5.32 Å². The number of H-pyrrole nitrogens is 1. The van der Waals surface area contributed by atoms with Gasteiger partial charge >= 0.3 is 11.9 Å². The predicted molar refractivity (Wildman–Crippen MR) is 131 cm³/mol. The molecule has 1 aromatic heterocycles. The van der Waals surface area contributed by atoms with Crippen molar-refractivity contribution in [1.29, 1.82) is 0 Å². The van der Waals surface area contributed by atoms with E-state index in [1.54, 1.807) is 18.2 Å². The molecule has 8 nitrogen and oxygen atoms in total. The van der Waals surface area contributed by atoms with Gasteiger partial charge in [-0.25, -0.2) is 13.2 Å². The number of aromatic amines is 1. The molecule has 2 heterocycles. The van der Waals surface area contributed by atoms with Gasteiger partial charge in [0, 0.05) is 25.2 Å². The predicted octanol–water partition coefficient (Wildman–Crippen LogP) is 4.67. The second kappa shape index (κ2) is 9.36. The van der Waals surface area contributed by atoms with Crippen molar-refractivity contribution in [3.8, 4) is 22.5 Å². The number of halogens is 4. The number of benzene rings is 3. The fourth-order valence-corrected chi connectivity index (χ4v) is 5.96. The minimum atomic E-state index is -4.43. The van der Waals surface area contributed by atoms with Crippen molar-refractivity contribution < 1.29 is 26.1 Å². The lowest BCUT2D eigenvalue weighted by atomic mass is 10.0. The molecule has 0 fully saturated rings. The molecule has 37 heavy (non-hydrogen) atoms. The maximum atomic E-state index is 13.6. The van der Waals surface area contributed by atoms with Crippen LogP contribution in [0.1, 0.15) is 11.1 Å². The van der Waals surface area contributed by atoms with Crippen molar-refractivity contribution in [3.63, 3.8) is 0 Å². The second-order valence-electron chi connectivity index (χ2n) is 8.26. The van der Waals surface area contributed by atoms with E-state index in [0.29, 0.717) is 41.0 Å². The Labute approximate surface area is 213 Å². The minimum Gasteiger partial charge on any atom is -0.311 e. The highest BCUT2D eigenvalue weighted by atomic mass is 35.5. The molecule has 4 aromatic rings. The summed E-state index contributed by atoms with van der Waals surface area (Å²) in [6.45, 7) is 0.884. The van der Waals surface area contributed by atoms with Crippen molar-refractivity contribution in [2.45, 2.75) is 17.6 Å². The zero-order valence-corrected chi connectivity index (χ0v) is 20.4. The van der Waals surface area contributed by atoms with Gasteiger partial charge in [-0.1, -0.05) is 35.0 Å². The molecule has 3 aromatic carbocycles. The average molecular weight is 551 g/mol. The maximum Gasteiger partial charge on any atom is 0.439 e. The van der Waals surface area contributed by atoms with E-state index in [9.17, 15) is 26.4 Å². The highest BCUT2D eigenvalue weighted by Crippen LogP contribution is 2.35. The zero-order valence-electron chi connectivity index (χ0n) is 18.8. The molecule has 1 aliphatic heterocycles. The van der Waals surface area contributed by atoms with Gasteiger partial charge in [0.25, 0.3) is 10.0 Å². The van der Waals surface area contributed by atoms with Crippen molar-refractivity contribution in [3.05, 3.63) is 87.4 Å². The summed E-state index contributed by atoms with van der Waals surface area (Å²) >= 11 is 6.31. The number of alkyl halides is 3. The molecule has 0 bridgehead atoms. The lowest BCUT2D eigenvalue weighted by Gasteiger charge is -2.25. The molecule has 0 unspecified atom stereocenters. The van der Waals surface area contributed by atoms with E-state index in [-0.39, 0.29) is 22.3 Å². The summed E-state index contributed by atoms with van der Waals surface area (Å²) in [5.41, 5.74) is 1.89. The fourth-order valence-electron chi connectivity index (χ4n) is 4.10. The van der Waals surface area contributed by atoms with Gasteiger partial charge in [-0.2, -0.15) is 13.2 Å². The molecule has 0 saturated carbocycles. The Morgan fingerprint density at radius 1 is 1.00 bits per heavy atom. The first-order valence-corrected chi connectivity index (χ1v) is 12.8. The molecule has 13 heteroatoms. The van der Waals surface area contributed by atoms with E-state index in [4.69, 9.17) is 11.6 Å². The largest absolute Gasteiger partial charge is 0.439 e. The van der Waals surface area contributed by atoms with Crippen LogP contribution in [-0.2, 0) is 22.7 Å². The molecule has 0 radical (unpaired) electrons. The third kappa shape index (κ3) is 4.87. The molecule has 0 atom stereocenters. The van der Waals surface area contributed by atoms with Crippen LogP contribution in [-0.4, -0.2) is 31.6 Å². The number of hydrogen-bond acceptors (Lipinski definition) is 6. The van der Waals surface area contributed by atoms with Gasteiger partial charge in [0.2, 0.25) is 0 Å². The standard InChI is InChI=1S/C24H18ClF3N4O4S/c25-20-12-18(6-7-19(20)22-30-23(33)36-31-22)37(34,35)32-10-9-29-13-16-11-15(3-8-21(16)32)14-1-4-17(5-2-14)24(26,27)28/h1-8,11-12,29H,9-10,13H2,(H,30,31,33). The summed E-state index contributed by atoms with van der Waals surface area (Å²) in [6.07, 6.45) is -4.43. The van der Waals surface area contributed by atoms with Crippen molar-refractivity contribution in [2.24, 2.45) is 0 Å². The first-order valence-electron chi connectivity index (χ1n) is 10.9. The second-order valence-corrected chi connectivity index (χ2v) is 10.5. The number of aromatic nitrogens is 2. The normalized spacial score (nSPS) is 14.3. The SMILES string of the molecule is O=c1[nH]c(-c2ccc(S(=O)(=O)N3CCNCc4cc(-c5ccc(C(F)(F)F)cc5)ccc43)cc2Cl)no1. The molecule has 0 aliphatic carbocycles. The molecule has 192 valence electrons. The summed E-state index contributed by atoms with van der Waals surface area (Å²) < 4.78 is 71.8. The number of fused-ring (bicyclic) bond motifs is 1. The summed E-state index contributed by atoms with van der Waals surface area (Å²) in [7, 11) is -4.05. The summed E-state index contributed by atoms with van der Waals surface area (Å²) in [6, 6.07) is 13.9. The van der Waals surface area contributed by atoms with Gasteiger partial charge in [-0.3, -0.25) is 13.8 Å². The number of anilines is 1. The molecule has 0 amide bonds. The molecule has 5 rings (SSSR count). The van der Waals surface area contributed by atoms with E-state index in [1.165, 1.54) is 34.6 Å². The summed E-state index contributed by atoms with van der Waals surface area (Å²) in [5.74, 6) is -0.703. The smallest absolute Gasteiger partial charge is 0.311 e. The van der Waals surface area contributed by atoms with Crippen LogP contribution in [0.4, 0.5) is 18.9 Å². The Bertz CT molecular complexity index is 1630. The Morgan fingerprint density at radius 2 is 1.73 bits per heavy atom. The van der Waals surface area contributed by atoms with Crippen LogP contribution in [0, 0.1) is 0 Å². The monoisotopic (exact) mass is 550 g/mol. The van der Waals surface area contributed by atoms with E-state index < -0.39 is 27.5 Å². The molecular formula is C24H18ClF3N4O4S. The number of sulfonamides is 1. The van der Waals surface area contributed by atoms with E-state index >= 15 is 0 Å². The maximum absolute atomic E-state index is 13.6. The van der Waals surface area contributed by atoms with Gasteiger partial charge in [-0.05, 0) is 59.2 Å². The number of nitrogens with one attached hydrogen (secondary N) is 2. The highest BCUT2D eigenvalue weighted by molar-refractivity contribution is 7.92. The molecule has 0 spiro atoms. The van der Waals surface area contributed by atoms with Crippen LogP contribution in [0.2, 0.25) is 5.02 Å². The van der Waals surface area contributed by atoms with Gasteiger partial charge in [0.05, 0.1) is 21.2 Å². The fraction of sp³-hybridized carbons (Fsp3) is 0.167. The van der Waals surface area contributed by atoms with Gasteiger partial charge in [0.1, 0.15) is 0 Å². The minimum absolute atomic E-state index is 0.0523. The third-order valence-electron chi connectivity index (χ3n) is 5.92. The van der Waals surface area contributed by atoms with E-state index in [0.717, 1.165) is 12.1 Å². The van der Waals surface area contributed by atoms with Gasteiger partial charge in [-0.15, -0.1) is 0 Å². The Hall–Kier alpha value is -3.61. The lowest BCUT2D eigenvalue weighted by Crippen LogP contribution is -2.34. The number of rotatable bonds is 4. The Morgan fingerprint density at radius 3 is 2.38 bits per heavy atom. The lowest BCUT2D eigenvalue weighted by molar-refractivity contribution is -0.137. The highest BCUT2D eigenvalue weighted by Gasteiger charge is 2.31. The van der Waals surface area contributed by atoms with Crippen molar-refractivity contribution in [2.75, 3.05) is 17.4 Å². The van der Waals surface area contributed by atoms with E-state index in [2.05, 4.69) is 20.0 Å². The van der Waals surface area contributed by atoms with Crippen molar-refractivity contribution in [1.82, 2.24) is 15.5 Å². The average Bonchev–Trinajstić information content (AvgIpc) is 3.17. The first kappa shape index (κ1) is 25.1. The Kier molecular flexibility index (Phi) is 6.34. The van der Waals surface area contributed by atoms with Gasteiger partial charge in [0.15, 0.2) is 5.82 Å². The number of hydrogen-bond donors (Lipinski definition) is 2. The summed E-state index contributed by atoms with van der Waals surface area (Å²) in [4.78, 5) is 13.5. The van der Waals surface area contributed by atoms with Crippen LogP contribution in [0.3, 0.4) is 0 Å². The summed E-state index contributed by atoms with van der Waals surface area (Å²) in [5, 5.41) is 6.80. The first-order chi connectivity index (χ1) is 17.5. The van der Waals surface area contributed by atoms with Crippen LogP contribution in [0.25, 0.3) is 22.5 Å². The topological polar surface area (TPSA) is 108 Å². The van der Waals surface area contributed by atoms with Crippen LogP contribution < -0.4 is 15.4 Å². The molecule has 1 aliphatic rings. The molecule has 0 saturated heterocycles. The zero-order chi connectivity index (χ0) is 26.4. The quantitative estimate of drug-likeness (QED) is 0.382. The number of nitrogens with zero attached hydrogens (tertiary/aromatic N) is 2. The van der Waals surface area contributed by atoms with Crippen LogP contribution in [0.15, 0.2) is 74.9 Å².